The summed E-state index contributed by atoms with van der Waals surface area (Å²) in [5.41, 5.74) is 0.594. The molecule has 21 heavy (non-hydrogen) atoms. The van der Waals surface area contributed by atoms with Gasteiger partial charge in [0.1, 0.15) is 0 Å². The van der Waals surface area contributed by atoms with E-state index < -0.39 is 5.97 Å². The lowest BCUT2D eigenvalue weighted by Gasteiger charge is -2.34. The minimum atomic E-state index is -0.671. The summed E-state index contributed by atoms with van der Waals surface area (Å²) in [6.07, 6.45) is 3.30. The van der Waals surface area contributed by atoms with E-state index in [9.17, 15) is 9.59 Å². The average molecular weight is 294 g/mol. The monoisotopic (exact) mass is 294 g/mol. The number of carbonyl (C=O) groups excluding carboxylic acids is 2. The maximum atomic E-state index is 11.9. The summed E-state index contributed by atoms with van der Waals surface area (Å²) in [7, 11) is 0. The highest BCUT2D eigenvalue weighted by molar-refractivity contribution is 5.88. The zero-order valence-corrected chi connectivity index (χ0v) is 12.7. The molecule has 1 fully saturated rings. The summed E-state index contributed by atoms with van der Waals surface area (Å²) >= 11 is 0. The van der Waals surface area contributed by atoms with E-state index in [1.54, 1.807) is 6.92 Å². The van der Waals surface area contributed by atoms with Gasteiger partial charge in [-0.25, -0.2) is 4.79 Å². The number of carbonyl (C=O) groups is 2. The molecule has 1 heterocycles. The number of hydrogen-bond donors (Lipinski definition) is 1. The Kier molecular flexibility index (Phi) is 4.98. The summed E-state index contributed by atoms with van der Waals surface area (Å²) < 4.78 is 9.71. The van der Waals surface area contributed by atoms with Crippen molar-refractivity contribution in [2.24, 2.45) is 11.8 Å². The predicted octanol–water partition coefficient (Wildman–Crippen LogP) is 2.08. The van der Waals surface area contributed by atoms with Gasteiger partial charge in [-0.3, -0.25) is 4.79 Å². The van der Waals surface area contributed by atoms with Gasteiger partial charge in [0.2, 0.25) is 5.76 Å². The average Bonchev–Trinajstić information content (AvgIpc) is 2.88. The highest BCUT2D eigenvalue weighted by Gasteiger charge is 2.28. The number of rotatable bonds is 4. The molecule has 1 aliphatic carbocycles. The van der Waals surface area contributed by atoms with Gasteiger partial charge in [0.15, 0.2) is 6.61 Å². The molecule has 0 aliphatic heterocycles. The number of esters is 1. The van der Waals surface area contributed by atoms with Crippen molar-refractivity contribution in [1.82, 2.24) is 10.5 Å². The van der Waals surface area contributed by atoms with Crippen molar-refractivity contribution < 1.29 is 18.8 Å². The summed E-state index contributed by atoms with van der Waals surface area (Å²) in [6, 6.07) is 1.64. The largest absolute Gasteiger partial charge is 0.450 e. The van der Waals surface area contributed by atoms with Gasteiger partial charge in [-0.15, -0.1) is 0 Å². The molecule has 1 saturated carbocycles. The molecule has 1 amide bonds. The Hall–Kier alpha value is -1.85. The Labute approximate surface area is 124 Å². The molecule has 0 spiro atoms. The zero-order chi connectivity index (χ0) is 15.4. The zero-order valence-electron chi connectivity index (χ0n) is 12.7. The summed E-state index contributed by atoms with van der Waals surface area (Å²) in [5.74, 6) is 0.111. The molecule has 1 aromatic rings. The number of nitrogens with one attached hydrogen (secondary N) is 1. The molecule has 0 radical (unpaired) electrons. The number of hydrogen-bond acceptors (Lipinski definition) is 5. The predicted molar refractivity (Wildman–Crippen MR) is 75.6 cm³/mol. The van der Waals surface area contributed by atoms with Gasteiger partial charge in [-0.1, -0.05) is 31.8 Å². The Bertz CT molecular complexity index is 512. The van der Waals surface area contributed by atoms with E-state index in [-0.39, 0.29) is 24.3 Å². The van der Waals surface area contributed by atoms with Crippen LogP contribution in [0, 0.1) is 18.8 Å². The number of nitrogens with zero attached hydrogens (tertiary/aromatic N) is 1. The molecule has 2 rings (SSSR count). The van der Waals surface area contributed by atoms with Crippen LogP contribution >= 0.6 is 0 Å². The molecular formula is C15H22N2O4. The maximum absolute atomic E-state index is 11.9. The fraction of sp³-hybridized carbons (Fsp3) is 0.667. The van der Waals surface area contributed by atoms with Gasteiger partial charge in [0.05, 0.1) is 5.69 Å². The van der Waals surface area contributed by atoms with Crippen LogP contribution in [-0.4, -0.2) is 29.7 Å². The first-order chi connectivity index (χ1) is 9.97. The molecular weight excluding hydrogens is 272 g/mol. The molecule has 0 saturated heterocycles. The first kappa shape index (κ1) is 15.5. The molecule has 6 nitrogen and oxygen atoms in total. The van der Waals surface area contributed by atoms with Gasteiger partial charge < -0.3 is 14.6 Å². The van der Waals surface area contributed by atoms with Gasteiger partial charge in [-0.2, -0.15) is 0 Å². The van der Waals surface area contributed by atoms with Crippen LogP contribution in [0.15, 0.2) is 10.6 Å². The molecule has 1 aliphatic rings. The van der Waals surface area contributed by atoms with Crippen molar-refractivity contribution in [1.29, 1.82) is 0 Å². The van der Waals surface area contributed by atoms with Crippen LogP contribution in [0.25, 0.3) is 0 Å². The van der Waals surface area contributed by atoms with Crippen LogP contribution in [0.1, 0.15) is 49.4 Å². The van der Waals surface area contributed by atoms with Gasteiger partial charge in [-0.05, 0) is 25.2 Å². The Morgan fingerprint density at radius 2 is 2.19 bits per heavy atom. The summed E-state index contributed by atoms with van der Waals surface area (Å²) in [4.78, 5) is 23.5. The van der Waals surface area contributed by atoms with Crippen LogP contribution in [-0.2, 0) is 9.53 Å². The second kappa shape index (κ2) is 6.74. The van der Waals surface area contributed by atoms with E-state index in [2.05, 4.69) is 24.3 Å². The standard InChI is InChI=1S/C15H22N2O4/c1-9-5-4-6-12(11(9)3)16-14(18)8-20-15(19)13-7-10(2)17-21-13/h7,9,11-12H,4-6,8H2,1-3H3,(H,16,18)/t9-,11-,12-/m0/s1. The van der Waals surface area contributed by atoms with Crippen molar-refractivity contribution in [3.63, 3.8) is 0 Å². The smallest absolute Gasteiger partial charge is 0.377 e. The molecule has 6 heteroatoms. The third-order valence-electron chi connectivity index (χ3n) is 4.22. The Morgan fingerprint density at radius 3 is 2.86 bits per heavy atom. The summed E-state index contributed by atoms with van der Waals surface area (Å²) in [6.45, 7) is 5.77. The van der Waals surface area contributed by atoms with Crippen molar-refractivity contribution in [3.8, 4) is 0 Å². The molecule has 1 N–H and O–H groups in total. The van der Waals surface area contributed by atoms with Crippen molar-refractivity contribution >= 4 is 11.9 Å². The van der Waals surface area contributed by atoms with Gasteiger partial charge >= 0.3 is 5.97 Å². The highest BCUT2D eigenvalue weighted by Crippen LogP contribution is 2.29. The first-order valence-corrected chi connectivity index (χ1v) is 7.37. The molecule has 1 aromatic heterocycles. The second-order valence-corrected chi connectivity index (χ2v) is 5.85. The Balaban J connectivity index is 1.78. The van der Waals surface area contributed by atoms with E-state index in [1.807, 2.05) is 0 Å². The maximum Gasteiger partial charge on any atom is 0.377 e. The lowest BCUT2D eigenvalue weighted by molar-refractivity contribution is -0.125. The minimum absolute atomic E-state index is 0.0138. The second-order valence-electron chi connectivity index (χ2n) is 5.85. The lowest BCUT2D eigenvalue weighted by Crippen LogP contribution is -2.45. The molecule has 0 aromatic carbocycles. The van der Waals surface area contributed by atoms with Crippen molar-refractivity contribution in [3.05, 3.63) is 17.5 Å². The van der Waals surface area contributed by atoms with Crippen LogP contribution < -0.4 is 5.32 Å². The van der Waals surface area contributed by atoms with E-state index in [1.165, 1.54) is 12.5 Å². The topological polar surface area (TPSA) is 81.4 Å². The fourth-order valence-corrected chi connectivity index (χ4v) is 2.70. The fourth-order valence-electron chi connectivity index (χ4n) is 2.70. The Morgan fingerprint density at radius 1 is 1.43 bits per heavy atom. The van der Waals surface area contributed by atoms with Crippen LogP contribution in [0.3, 0.4) is 0 Å². The van der Waals surface area contributed by atoms with Gasteiger partial charge in [0.25, 0.3) is 5.91 Å². The summed E-state index contributed by atoms with van der Waals surface area (Å²) in [5, 5.41) is 6.55. The number of aryl methyl sites for hydroxylation is 1. The van der Waals surface area contributed by atoms with Crippen molar-refractivity contribution in [2.45, 2.75) is 46.1 Å². The number of ether oxygens (including phenoxy) is 1. The number of aromatic nitrogens is 1. The molecule has 0 unspecified atom stereocenters. The SMILES string of the molecule is Cc1cc(C(=O)OCC(=O)N[C@H]2CCC[C@H](C)[C@@H]2C)on1. The van der Waals surface area contributed by atoms with Crippen molar-refractivity contribution in [2.75, 3.05) is 6.61 Å². The van der Waals surface area contributed by atoms with E-state index in [0.29, 0.717) is 17.5 Å². The minimum Gasteiger partial charge on any atom is -0.450 e. The molecule has 3 atom stereocenters. The molecule has 0 bridgehead atoms. The third kappa shape index (κ3) is 4.06. The quantitative estimate of drug-likeness (QED) is 0.860. The van der Waals surface area contributed by atoms with Crippen LogP contribution in [0.4, 0.5) is 0 Å². The third-order valence-corrected chi connectivity index (χ3v) is 4.22. The van der Waals surface area contributed by atoms with Crippen LogP contribution in [0.2, 0.25) is 0 Å². The van der Waals surface area contributed by atoms with E-state index in [4.69, 9.17) is 9.26 Å². The van der Waals surface area contributed by atoms with Crippen LogP contribution in [0.5, 0.6) is 0 Å². The van der Waals surface area contributed by atoms with E-state index >= 15 is 0 Å². The molecule has 116 valence electrons. The normalized spacial score (nSPS) is 25.4. The first-order valence-electron chi connectivity index (χ1n) is 7.37. The van der Waals surface area contributed by atoms with Gasteiger partial charge in [0, 0.05) is 12.1 Å². The van der Waals surface area contributed by atoms with E-state index in [0.717, 1.165) is 12.8 Å². The lowest BCUT2D eigenvalue weighted by atomic mass is 9.78. The highest BCUT2D eigenvalue weighted by atomic mass is 16.6. The number of amides is 1.